The molecular formula is C23H33IO3Si. The maximum Gasteiger partial charge on any atom is 0.261 e. The van der Waals surface area contributed by atoms with Gasteiger partial charge in [0.05, 0.1) is 6.10 Å². The highest BCUT2D eigenvalue weighted by Crippen LogP contribution is 2.36. The van der Waals surface area contributed by atoms with Crippen molar-refractivity contribution < 1.29 is 13.9 Å². The molecule has 0 aliphatic heterocycles. The maximum atomic E-state index is 6.92. The molecule has 0 spiro atoms. The molecule has 0 amide bonds. The van der Waals surface area contributed by atoms with Crippen LogP contribution in [0.4, 0.5) is 0 Å². The van der Waals surface area contributed by atoms with E-state index in [0.29, 0.717) is 6.79 Å². The van der Waals surface area contributed by atoms with Gasteiger partial charge in [-0.15, -0.1) is 0 Å². The molecule has 2 aromatic rings. The number of benzene rings is 2. The Morgan fingerprint density at radius 1 is 0.929 bits per heavy atom. The number of halogens is 1. The van der Waals surface area contributed by atoms with E-state index < -0.39 is 8.32 Å². The molecule has 2 rings (SSSR count). The van der Waals surface area contributed by atoms with Crippen molar-refractivity contribution in [3.05, 3.63) is 60.7 Å². The molecule has 154 valence electrons. The number of rotatable bonds is 11. The van der Waals surface area contributed by atoms with Crippen LogP contribution in [0.3, 0.4) is 0 Å². The van der Waals surface area contributed by atoms with Crippen molar-refractivity contribution in [3.63, 3.8) is 0 Å². The van der Waals surface area contributed by atoms with Crippen molar-refractivity contribution in [2.45, 2.75) is 44.8 Å². The number of hydrogen-bond acceptors (Lipinski definition) is 3. The molecule has 0 heterocycles. The van der Waals surface area contributed by atoms with Gasteiger partial charge < -0.3 is 13.9 Å². The average molecular weight is 513 g/mol. The van der Waals surface area contributed by atoms with Gasteiger partial charge in [0, 0.05) is 18.1 Å². The Labute approximate surface area is 185 Å². The van der Waals surface area contributed by atoms with Gasteiger partial charge in [0.2, 0.25) is 0 Å². The van der Waals surface area contributed by atoms with Crippen molar-refractivity contribution in [1.29, 1.82) is 0 Å². The normalized spacial score (nSPS) is 13.5. The molecule has 0 saturated heterocycles. The molecule has 1 atom stereocenters. The second-order valence-corrected chi connectivity index (χ2v) is 13.2. The van der Waals surface area contributed by atoms with E-state index in [2.05, 4.69) is 104 Å². The third kappa shape index (κ3) is 5.89. The van der Waals surface area contributed by atoms with Crippen LogP contribution < -0.4 is 10.4 Å². The summed E-state index contributed by atoms with van der Waals surface area (Å²) in [5, 5.41) is 2.68. The molecule has 0 aromatic heterocycles. The largest absolute Gasteiger partial charge is 0.407 e. The van der Waals surface area contributed by atoms with E-state index >= 15 is 0 Å². The summed E-state index contributed by atoms with van der Waals surface area (Å²) < 4.78 is 18.7. The zero-order chi connectivity index (χ0) is 20.5. The van der Waals surface area contributed by atoms with Crippen LogP contribution in [0.25, 0.3) is 0 Å². The van der Waals surface area contributed by atoms with Gasteiger partial charge in [-0.05, 0) is 28.3 Å². The van der Waals surface area contributed by atoms with Gasteiger partial charge in [-0.3, -0.25) is 0 Å². The molecule has 2 aromatic carbocycles. The van der Waals surface area contributed by atoms with E-state index in [0.717, 1.165) is 23.9 Å². The summed E-state index contributed by atoms with van der Waals surface area (Å²) in [5.41, 5.74) is 0. The minimum atomic E-state index is -2.42. The zero-order valence-electron chi connectivity index (χ0n) is 17.5. The average Bonchev–Trinajstić information content (AvgIpc) is 2.70. The smallest absolute Gasteiger partial charge is 0.261 e. The second-order valence-electron chi connectivity index (χ2n) is 8.00. The summed E-state index contributed by atoms with van der Waals surface area (Å²) in [4.78, 5) is 0. The Hall–Kier alpha value is -0.733. The van der Waals surface area contributed by atoms with Gasteiger partial charge in [0.15, 0.2) is 0 Å². The molecule has 0 radical (unpaired) electrons. The first kappa shape index (κ1) is 23.5. The van der Waals surface area contributed by atoms with Gasteiger partial charge in [0.1, 0.15) is 6.79 Å². The Bertz CT molecular complexity index is 634. The first-order valence-corrected chi connectivity index (χ1v) is 13.3. The van der Waals surface area contributed by atoms with E-state index in [9.17, 15) is 0 Å². The van der Waals surface area contributed by atoms with E-state index in [1.165, 1.54) is 10.4 Å². The Kier molecular flexibility index (Phi) is 9.63. The summed E-state index contributed by atoms with van der Waals surface area (Å²) in [6.45, 7) is 8.03. The zero-order valence-corrected chi connectivity index (χ0v) is 20.6. The lowest BCUT2D eigenvalue weighted by Gasteiger charge is -2.43. The molecule has 0 aliphatic carbocycles. The first-order valence-electron chi connectivity index (χ1n) is 9.87. The lowest BCUT2D eigenvalue weighted by molar-refractivity contribution is -0.0658. The Morgan fingerprint density at radius 3 is 1.89 bits per heavy atom. The van der Waals surface area contributed by atoms with Crippen LogP contribution in [0.2, 0.25) is 5.04 Å². The van der Waals surface area contributed by atoms with Crippen LogP contribution >= 0.6 is 22.6 Å². The number of hydrogen-bond donors (Lipinski definition) is 0. The van der Waals surface area contributed by atoms with Gasteiger partial charge in [-0.1, -0.05) is 104 Å². The summed E-state index contributed by atoms with van der Waals surface area (Å²) in [5.74, 6) is 0. The fraction of sp³-hybridized carbons (Fsp3) is 0.478. The van der Waals surface area contributed by atoms with Crippen molar-refractivity contribution in [1.82, 2.24) is 0 Å². The Balaban J connectivity index is 2.24. The van der Waals surface area contributed by atoms with E-state index in [1.807, 2.05) is 0 Å². The fourth-order valence-corrected chi connectivity index (χ4v) is 8.97. The predicted octanol–water partition coefficient (Wildman–Crippen LogP) is 4.77. The number of methoxy groups -OCH3 is 1. The van der Waals surface area contributed by atoms with Crippen LogP contribution in [0.15, 0.2) is 60.7 Å². The van der Waals surface area contributed by atoms with Crippen molar-refractivity contribution in [3.8, 4) is 0 Å². The number of ether oxygens (including phenoxy) is 2. The molecule has 28 heavy (non-hydrogen) atoms. The first-order chi connectivity index (χ1) is 13.5. The summed E-state index contributed by atoms with van der Waals surface area (Å²) in [7, 11) is -0.761. The van der Waals surface area contributed by atoms with Crippen molar-refractivity contribution in [2.24, 2.45) is 0 Å². The van der Waals surface area contributed by atoms with Crippen LogP contribution in [0.5, 0.6) is 0 Å². The summed E-state index contributed by atoms with van der Waals surface area (Å²) in [6.07, 6.45) is 2.16. The van der Waals surface area contributed by atoms with Crippen molar-refractivity contribution >= 4 is 41.3 Å². The van der Waals surface area contributed by atoms with E-state index in [4.69, 9.17) is 13.9 Å². The lowest BCUT2D eigenvalue weighted by atomic mass is 10.2. The van der Waals surface area contributed by atoms with Gasteiger partial charge in [-0.2, -0.15) is 0 Å². The van der Waals surface area contributed by atoms with E-state index in [-0.39, 0.29) is 11.1 Å². The lowest BCUT2D eigenvalue weighted by Crippen LogP contribution is -2.66. The van der Waals surface area contributed by atoms with Crippen LogP contribution in [0, 0.1) is 0 Å². The van der Waals surface area contributed by atoms with Crippen molar-refractivity contribution in [2.75, 3.05) is 24.9 Å². The third-order valence-electron chi connectivity index (χ3n) is 5.00. The summed E-state index contributed by atoms with van der Waals surface area (Å²) >= 11 is 2.38. The second kappa shape index (κ2) is 11.5. The highest BCUT2D eigenvalue weighted by molar-refractivity contribution is 14.1. The van der Waals surface area contributed by atoms with Gasteiger partial charge in [-0.25, -0.2) is 0 Å². The summed E-state index contributed by atoms with van der Waals surface area (Å²) in [6, 6.07) is 21.6. The predicted molar refractivity (Wildman–Crippen MR) is 128 cm³/mol. The molecule has 5 heteroatoms. The SMILES string of the molecule is COCOC(CI)CCCO[Si](c1ccccc1)(c1ccccc1)C(C)(C)C. The van der Waals surface area contributed by atoms with Crippen LogP contribution in [-0.4, -0.2) is 39.4 Å². The molecule has 0 bridgehead atoms. The Morgan fingerprint density at radius 2 is 1.46 bits per heavy atom. The minimum absolute atomic E-state index is 0.0188. The number of alkyl halides is 1. The molecule has 0 fully saturated rings. The highest BCUT2D eigenvalue weighted by Gasteiger charge is 2.49. The molecule has 3 nitrogen and oxygen atoms in total. The molecule has 0 N–H and O–H groups in total. The van der Waals surface area contributed by atoms with E-state index in [1.54, 1.807) is 7.11 Å². The monoisotopic (exact) mass is 512 g/mol. The van der Waals surface area contributed by atoms with Gasteiger partial charge in [0.25, 0.3) is 8.32 Å². The molecule has 0 saturated carbocycles. The maximum absolute atomic E-state index is 6.92. The molecule has 1 unspecified atom stereocenters. The van der Waals surface area contributed by atoms with Gasteiger partial charge >= 0.3 is 0 Å². The molecule has 0 aliphatic rings. The fourth-order valence-electron chi connectivity index (χ4n) is 3.67. The standard InChI is InChI=1S/C23H33IO3Si/c1-23(2,3)28(21-13-7-5-8-14-21,22-15-9-6-10-16-22)27-17-11-12-20(18-24)26-19-25-4/h5-10,13-16,20H,11-12,17-19H2,1-4H3. The highest BCUT2D eigenvalue weighted by atomic mass is 127. The van der Waals surface area contributed by atoms with Crippen LogP contribution in [0.1, 0.15) is 33.6 Å². The molecular weight excluding hydrogens is 479 g/mol. The topological polar surface area (TPSA) is 27.7 Å². The quantitative estimate of drug-likeness (QED) is 0.143. The minimum Gasteiger partial charge on any atom is -0.407 e. The van der Waals surface area contributed by atoms with Crippen LogP contribution in [-0.2, 0) is 13.9 Å². The third-order valence-corrected chi connectivity index (χ3v) is 11.0.